The van der Waals surface area contributed by atoms with Crippen molar-refractivity contribution < 1.29 is 19.0 Å². The molecule has 1 aliphatic rings. The summed E-state index contributed by atoms with van der Waals surface area (Å²) >= 11 is 0. The third kappa shape index (κ3) is 3.00. The Morgan fingerprint density at radius 3 is 2.83 bits per heavy atom. The Kier molecular flexibility index (Phi) is 4.17. The zero-order valence-corrected chi connectivity index (χ0v) is 10.6. The largest absolute Gasteiger partial charge is 0.450 e. The lowest BCUT2D eigenvalue weighted by Crippen LogP contribution is -2.15. The minimum absolute atomic E-state index is 0.337. The summed E-state index contributed by atoms with van der Waals surface area (Å²) in [6, 6.07) is 5.68. The molecule has 5 heteroatoms. The average Bonchev–Trinajstić information content (AvgIpc) is 2.85. The topological polar surface area (TPSA) is 56.8 Å². The molecule has 0 aromatic heterocycles. The Hall–Kier alpha value is -1.59. The van der Waals surface area contributed by atoms with Gasteiger partial charge in [0.15, 0.2) is 6.29 Å². The molecule has 18 heavy (non-hydrogen) atoms. The number of ether oxygens (including phenoxy) is 3. The summed E-state index contributed by atoms with van der Waals surface area (Å²) in [5, 5.41) is 2.69. The number of aryl methyl sites for hydroxylation is 1. The number of anilines is 1. The number of benzene rings is 1. The number of nitrogens with one attached hydrogen (secondary N) is 1. The molecule has 1 amide bonds. The van der Waals surface area contributed by atoms with E-state index in [1.165, 1.54) is 0 Å². The molecule has 1 saturated heterocycles. The number of hydrogen-bond acceptors (Lipinski definition) is 4. The summed E-state index contributed by atoms with van der Waals surface area (Å²) in [4.78, 5) is 11.4. The SMILES string of the molecule is CCOC(=O)Nc1ccc(C)cc1C1OCCO1. The predicted octanol–water partition coefficient (Wildman–Crippen LogP) is 2.61. The summed E-state index contributed by atoms with van der Waals surface area (Å²) in [5.74, 6) is 0. The molecule has 0 unspecified atom stereocenters. The highest BCUT2D eigenvalue weighted by Crippen LogP contribution is 2.30. The van der Waals surface area contributed by atoms with E-state index in [1.54, 1.807) is 6.92 Å². The molecule has 1 heterocycles. The lowest BCUT2D eigenvalue weighted by atomic mass is 10.1. The van der Waals surface area contributed by atoms with Crippen LogP contribution in [-0.4, -0.2) is 25.9 Å². The second kappa shape index (κ2) is 5.84. The number of hydrogen-bond donors (Lipinski definition) is 1. The van der Waals surface area contributed by atoms with E-state index < -0.39 is 12.4 Å². The van der Waals surface area contributed by atoms with Crippen LogP contribution < -0.4 is 5.32 Å². The lowest BCUT2D eigenvalue weighted by molar-refractivity contribution is -0.0436. The first-order chi connectivity index (χ1) is 8.70. The number of carbonyl (C=O) groups excluding carboxylic acids is 1. The molecule has 1 N–H and O–H groups in total. The fourth-order valence-corrected chi connectivity index (χ4v) is 1.81. The molecule has 0 spiro atoms. The Bertz CT molecular complexity index is 427. The van der Waals surface area contributed by atoms with Crippen LogP contribution in [0.15, 0.2) is 18.2 Å². The molecule has 98 valence electrons. The van der Waals surface area contributed by atoms with E-state index in [0.29, 0.717) is 25.5 Å². The van der Waals surface area contributed by atoms with Crippen LogP contribution in [0.4, 0.5) is 10.5 Å². The molecule has 0 radical (unpaired) electrons. The van der Waals surface area contributed by atoms with Crippen LogP contribution in [0.3, 0.4) is 0 Å². The summed E-state index contributed by atoms with van der Waals surface area (Å²) in [5.41, 5.74) is 2.56. The van der Waals surface area contributed by atoms with Gasteiger partial charge in [-0.05, 0) is 26.0 Å². The van der Waals surface area contributed by atoms with Crippen LogP contribution in [0.25, 0.3) is 0 Å². The van der Waals surface area contributed by atoms with Gasteiger partial charge in [0.05, 0.1) is 25.5 Å². The van der Waals surface area contributed by atoms with Crippen LogP contribution in [0, 0.1) is 6.92 Å². The van der Waals surface area contributed by atoms with E-state index in [2.05, 4.69) is 5.32 Å². The third-order valence-corrected chi connectivity index (χ3v) is 2.59. The highest BCUT2D eigenvalue weighted by Gasteiger charge is 2.22. The minimum Gasteiger partial charge on any atom is -0.450 e. The molecule has 1 fully saturated rings. The van der Waals surface area contributed by atoms with Gasteiger partial charge in [0.2, 0.25) is 0 Å². The first-order valence-electron chi connectivity index (χ1n) is 5.98. The first-order valence-corrected chi connectivity index (χ1v) is 5.98. The molecule has 1 aliphatic heterocycles. The van der Waals surface area contributed by atoms with Gasteiger partial charge in [-0.2, -0.15) is 0 Å². The normalized spacial score (nSPS) is 15.7. The summed E-state index contributed by atoms with van der Waals surface area (Å²) in [6.07, 6.45) is -0.887. The Morgan fingerprint density at radius 1 is 1.44 bits per heavy atom. The average molecular weight is 251 g/mol. The molecule has 0 bridgehead atoms. The number of rotatable bonds is 3. The van der Waals surface area contributed by atoms with Gasteiger partial charge < -0.3 is 14.2 Å². The van der Waals surface area contributed by atoms with Gasteiger partial charge in [-0.15, -0.1) is 0 Å². The molecule has 5 nitrogen and oxygen atoms in total. The van der Waals surface area contributed by atoms with Gasteiger partial charge >= 0.3 is 6.09 Å². The van der Waals surface area contributed by atoms with Crippen molar-refractivity contribution in [2.45, 2.75) is 20.1 Å². The molecule has 0 atom stereocenters. The van der Waals surface area contributed by atoms with Crippen molar-refractivity contribution in [1.82, 2.24) is 0 Å². The van der Waals surface area contributed by atoms with E-state index in [-0.39, 0.29) is 0 Å². The van der Waals surface area contributed by atoms with Crippen molar-refractivity contribution in [3.05, 3.63) is 29.3 Å². The molecule has 1 aromatic carbocycles. The molecule has 0 aliphatic carbocycles. The van der Waals surface area contributed by atoms with E-state index in [1.807, 2.05) is 25.1 Å². The quantitative estimate of drug-likeness (QED) is 0.897. The standard InChI is InChI=1S/C13H17NO4/c1-3-16-13(15)14-11-5-4-9(2)8-10(11)12-17-6-7-18-12/h4-5,8,12H,3,6-7H2,1-2H3,(H,14,15). The Balaban J connectivity index is 2.20. The van der Waals surface area contributed by atoms with E-state index in [4.69, 9.17) is 14.2 Å². The second-order valence-electron chi connectivity index (χ2n) is 4.01. The highest BCUT2D eigenvalue weighted by atomic mass is 16.7. The monoisotopic (exact) mass is 251 g/mol. The zero-order valence-electron chi connectivity index (χ0n) is 10.6. The van der Waals surface area contributed by atoms with Gasteiger partial charge in [0.25, 0.3) is 0 Å². The van der Waals surface area contributed by atoms with Crippen LogP contribution in [0.1, 0.15) is 24.3 Å². The van der Waals surface area contributed by atoms with Crippen molar-refractivity contribution in [2.75, 3.05) is 25.1 Å². The highest BCUT2D eigenvalue weighted by molar-refractivity contribution is 5.85. The lowest BCUT2D eigenvalue weighted by Gasteiger charge is -2.16. The van der Waals surface area contributed by atoms with Crippen molar-refractivity contribution in [3.63, 3.8) is 0 Å². The summed E-state index contributed by atoms with van der Waals surface area (Å²) < 4.78 is 15.8. The van der Waals surface area contributed by atoms with E-state index in [9.17, 15) is 4.79 Å². The fraction of sp³-hybridized carbons (Fsp3) is 0.462. The maximum absolute atomic E-state index is 11.4. The predicted molar refractivity (Wildman–Crippen MR) is 66.5 cm³/mol. The molecule has 1 aromatic rings. The van der Waals surface area contributed by atoms with Crippen molar-refractivity contribution in [2.24, 2.45) is 0 Å². The molecular formula is C13H17NO4. The van der Waals surface area contributed by atoms with Gasteiger partial charge in [0.1, 0.15) is 0 Å². The Labute approximate surface area is 106 Å². The number of carbonyl (C=O) groups is 1. The Morgan fingerprint density at radius 2 is 2.17 bits per heavy atom. The zero-order chi connectivity index (χ0) is 13.0. The van der Waals surface area contributed by atoms with Gasteiger partial charge in [0, 0.05) is 5.56 Å². The van der Waals surface area contributed by atoms with E-state index in [0.717, 1.165) is 11.1 Å². The summed E-state index contributed by atoms with van der Waals surface area (Å²) in [7, 11) is 0. The van der Waals surface area contributed by atoms with Gasteiger partial charge in [-0.3, -0.25) is 5.32 Å². The van der Waals surface area contributed by atoms with Crippen LogP contribution in [0.5, 0.6) is 0 Å². The van der Waals surface area contributed by atoms with Crippen molar-refractivity contribution in [3.8, 4) is 0 Å². The minimum atomic E-state index is -0.472. The maximum Gasteiger partial charge on any atom is 0.411 e. The molecule has 0 saturated carbocycles. The van der Waals surface area contributed by atoms with Gasteiger partial charge in [-0.1, -0.05) is 11.6 Å². The van der Waals surface area contributed by atoms with E-state index >= 15 is 0 Å². The van der Waals surface area contributed by atoms with Crippen molar-refractivity contribution >= 4 is 11.8 Å². The first kappa shape index (κ1) is 12.9. The van der Waals surface area contributed by atoms with Crippen LogP contribution in [-0.2, 0) is 14.2 Å². The fourth-order valence-electron chi connectivity index (χ4n) is 1.81. The van der Waals surface area contributed by atoms with Crippen molar-refractivity contribution in [1.29, 1.82) is 0 Å². The second-order valence-corrected chi connectivity index (χ2v) is 4.01. The third-order valence-electron chi connectivity index (χ3n) is 2.59. The number of amides is 1. The maximum atomic E-state index is 11.4. The van der Waals surface area contributed by atoms with Crippen LogP contribution in [0.2, 0.25) is 0 Å². The smallest absolute Gasteiger partial charge is 0.411 e. The molecular weight excluding hydrogens is 234 g/mol. The van der Waals surface area contributed by atoms with Gasteiger partial charge in [-0.25, -0.2) is 4.79 Å². The van der Waals surface area contributed by atoms with Crippen LogP contribution >= 0.6 is 0 Å². The molecule has 2 rings (SSSR count). The summed E-state index contributed by atoms with van der Waals surface area (Å²) in [6.45, 7) is 5.21.